The number of benzene rings is 1. The van der Waals surface area contributed by atoms with E-state index in [4.69, 9.17) is 16.3 Å². The van der Waals surface area contributed by atoms with E-state index in [9.17, 15) is 14.3 Å². The maximum absolute atomic E-state index is 15.0. The smallest absolute Gasteiger partial charge is 0.410 e. The third kappa shape index (κ3) is 5.57. The lowest BCUT2D eigenvalue weighted by Crippen LogP contribution is -2.52. The fourth-order valence-corrected chi connectivity index (χ4v) is 4.50. The molecule has 0 aliphatic carbocycles. The molecule has 1 saturated heterocycles. The first kappa shape index (κ1) is 26.2. The molecule has 36 heavy (non-hydrogen) atoms. The zero-order valence-electron chi connectivity index (χ0n) is 21.5. The Kier molecular flexibility index (Phi) is 6.92. The van der Waals surface area contributed by atoms with Crippen LogP contribution in [-0.2, 0) is 10.3 Å². The molecule has 0 radical (unpaired) electrons. The summed E-state index contributed by atoms with van der Waals surface area (Å²) < 4.78 is 22.3. The molecule has 1 aliphatic heterocycles. The van der Waals surface area contributed by atoms with E-state index in [0.29, 0.717) is 46.0 Å². The Morgan fingerprint density at radius 3 is 2.56 bits per heavy atom. The number of likely N-dealkylation sites (tertiary alicyclic amines) is 1. The molecule has 1 amide bonds. The van der Waals surface area contributed by atoms with Gasteiger partial charge in [-0.3, -0.25) is 0 Å². The second-order valence-corrected chi connectivity index (χ2v) is 11.6. The topological polar surface area (TPSA) is 92.5 Å². The van der Waals surface area contributed by atoms with Gasteiger partial charge in [0.25, 0.3) is 0 Å². The van der Waals surface area contributed by atoms with Crippen LogP contribution < -0.4 is 5.32 Å². The van der Waals surface area contributed by atoms with Crippen LogP contribution in [0.2, 0.25) is 5.02 Å². The second kappa shape index (κ2) is 9.52. The Hall–Kier alpha value is -2.91. The van der Waals surface area contributed by atoms with Gasteiger partial charge in [0.15, 0.2) is 5.82 Å². The van der Waals surface area contributed by atoms with E-state index in [1.165, 1.54) is 17.2 Å². The van der Waals surface area contributed by atoms with E-state index in [1.807, 2.05) is 31.4 Å². The molecule has 0 bridgehead atoms. The van der Waals surface area contributed by atoms with Gasteiger partial charge in [0.1, 0.15) is 16.9 Å². The number of pyridine rings is 1. The summed E-state index contributed by atoms with van der Waals surface area (Å²) >= 11 is 6.47. The highest BCUT2D eigenvalue weighted by molar-refractivity contribution is 6.33. The first-order valence-electron chi connectivity index (χ1n) is 12.0. The van der Waals surface area contributed by atoms with Crippen molar-refractivity contribution in [2.24, 2.45) is 0 Å². The molecule has 8 nitrogen and oxygen atoms in total. The van der Waals surface area contributed by atoms with Gasteiger partial charge in [-0.25, -0.2) is 19.2 Å². The van der Waals surface area contributed by atoms with E-state index in [1.54, 1.807) is 33.2 Å². The monoisotopic (exact) mass is 517 g/mol. The van der Waals surface area contributed by atoms with Gasteiger partial charge in [0.05, 0.1) is 35.6 Å². The predicted molar refractivity (Wildman–Crippen MR) is 139 cm³/mol. The summed E-state index contributed by atoms with van der Waals surface area (Å²) in [5.74, 6) is 0.0619. The first-order valence-corrected chi connectivity index (χ1v) is 12.4. The Labute approximate surface area is 215 Å². The minimum Gasteiger partial charge on any atom is -0.444 e. The van der Waals surface area contributed by atoms with Gasteiger partial charge in [0.2, 0.25) is 0 Å². The van der Waals surface area contributed by atoms with Gasteiger partial charge in [0, 0.05) is 23.8 Å². The lowest BCUT2D eigenvalue weighted by atomic mass is 10.0. The first-order chi connectivity index (χ1) is 16.7. The number of nitrogens with zero attached hydrogens (tertiary/aromatic N) is 4. The van der Waals surface area contributed by atoms with Crippen molar-refractivity contribution < 1.29 is 19.0 Å². The summed E-state index contributed by atoms with van der Waals surface area (Å²) in [6, 6.07) is 4.71. The number of amides is 1. The van der Waals surface area contributed by atoms with Gasteiger partial charge in [-0.05, 0) is 71.7 Å². The van der Waals surface area contributed by atoms with E-state index in [-0.39, 0.29) is 18.1 Å². The molecular formula is C26H33ClFN5O3. The summed E-state index contributed by atoms with van der Waals surface area (Å²) in [5, 5.41) is 14.3. The number of aliphatic hydroxyl groups is 1. The average Bonchev–Trinajstić information content (AvgIpc) is 3.20. The van der Waals surface area contributed by atoms with Gasteiger partial charge in [-0.2, -0.15) is 0 Å². The Morgan fingerprint density at radius 1 is 1.19 bits per heavy atom. The van der Waals surface area contributed by atoms with Crippen molar-refractivity contribution >= 4 is 34.5 Å². The standard InChI is InChI=1S/C26H33ClFN5O3/c1-25(2,3)33-14-30-23-18(28)9-15(10-20(23)33)16-11-22(29-12-17(16)27)31-19-7-8-32(13-21(19)34)24(35)36-26(4,5)6/h9-12,14,19,21,34H,7-8,13H2,1-6H3,(H,29,31)/t19-,21-/m1/s1. The number of piperidine rings is 1. The number of nitrogens with one attached hydrogen (secondary N) is 1. The number of rotatable bonds is 3. The van der Waals surface area contributed by atoms with Crippen molar-refractivity contribution in [3.05, 3.63) is 41.6 Å². The molecule has 10 heteroatoms. The van der Waals surface area contributed by atoms with Gasteiger partial charge >= 0.3 is 6.09 Å². The number of aromatic nitrogens is 3. The molecule has 1 fully saturated rings. The van der Waals surface area contributed by atoms with Crippen molar-refractivity contribution in [3.8, 4) is 11.1 Å². The Balaban J connectivity index is 1.56. The summed E-state index contributed by atoms with van der Waals surface area (Å²) in [7, 11) is 0. The number of aliphatic hydroxyl groups excluding tert-OH is 1. The minimum atomic E-state index is -0.817. The summed E-state index contributed by atoms with van der Waals surface area (Å²) in [4.78, 5) is 22.5. The molecule has 2 N–H and O–H groups in total. The van der Waals surface area contributed by atoms with Crippen molar-refractivity contribution in [3.63, 3.8) is 0 Å². The lowest BCUT2D eigenvalue weighted by molar-refractivity contribution is 0.00116. The van der Waals surface area contributed by atoms with E-state index < -0.39 is 23.6 Å². The Bertz CT molecular complexity index is 1280. The highest BCUT2D eigenvalue weighted by Crippen LogP contribution is 2.34. The van der Waals surface area contributed by atoms with Crippen molar-refractivity contribution in [1.82, 2.24) is 19.4 Å². The summed E-state index contributed by atoms with van der Waals surface area (Å²) in [6.45, 7) is 12.1. The zero-order valence-corrected chi connectivity index (χ0v) is 22.2. The lowest BCUT2D eigenvalue weighted by Gasteiger charge is -2.37. The maximum Gasteiger partial charge on any atom is 0.410 e. The van der Waals surface area contributed by atoms with Crippen LogP contribution in [0.1, 0.15) is 48.0 Å². The van der Waals surface area contributed by atoms with Crippen LogP contribution in [0.3, 0.4) is 0 Å². The van der Waals surface area contributed by atoms with Gasteiger partial charge in [-0.15, -0.1) is 0 Å². The van der Waals surface area contributed by atoms with Crippen molar-refractivity contribution in [2.45, 2.75) is 71.2 Å². The number of carbonyl (C=O) groups is 1. The molecule has 4 rings (SSSR count). The predicted octanol–water partition coefficient (Wildman–Crippen LogP) is 5.43. The van der Waals surface area contributed by atoms with Crippen LogP contribution in [0.25, 0.3) is 22.2 Å². The number of β-amino-alcohol motifs (C(OH)–C–C–N with tert-alkyl or cyclic N) is 1. The number of imidazole rings is 1. The van der Waals surface area contributed by atoms with Crippen LogP contribution in [0.4, 0.5) is 15.0 Å². The molecule has 0 unspecified atom stereocenters. The van der Waals surface area contributed by atoms with Crippen molar-refractivity contribution in [1.29, 1.82) is 0 Å². The SMILES string of the molecule is CC(C)(C)OC(=O)N1CC[C@@H](Nc2cc(-c3cc(F)c4ncn(C(C)(C)C)c4c3)c(Cl)cn2)[C@H](O)C1. The zero-order chi connectivity index (χ0) is 26.4. The van der Waals surface area contributed by atoms with Gasteiger partial charge < -0.3 is 24.6 Å². The molecule has 194 valence electrons. The molecule has 2 aromatic heterocycles. The van der Waals surface area contributed by atoms with Crippen LogP contribution in [0.5, 0.6) is 0 Å². The molecule has 1 aliphatic rings. The highest BCUT2D eigenvalue weighted by atomic mass is 35.5. The molecule has 0 saturated carbocycles. The average molecular weight is 518 g/mol. The third-order valence-corrected chi connectivity index (χ3v) is 6.36. The van der Waals surface area contributed by atoms with E-state index >= 15 is 0 Å². The number of fused-ring (bicyclic) bond motifs is 1. The molecular weight excluding hydrogens is 485 g/mol. The fraction of sp³-hybridized carbons (Fsp3) is 0.500. The van der Waals surface area contributed by atoms with Crippen molar-refractivity contribution in [2.75, 3.05) is 18.4 Å². The fourth-order valence-electron chi connectivity index (χ4n) is 4.28. The summed E-state index contributed by atoms with van der Waals surface area (Å²) in [5.41, 5.74) is 1.30. The highest BCUT2D eigenvalue weighted by Gasteiger charge is 2.32. The molecule has 3 heterocycles. The van der Waals surface area contributed by atoms with Crippen LogP contribution in [-0.4, -0.2) is 61.5 Å². The van der Waals surface area contributed by atoms with Crippen LogP contribution in [0, 0.1) is 5.82 Å². The minimum absolute atomic E-state index is 0.145. The molecule has 2 atom stereocenters. The largest absolute Gasteiger partial charge is 0.444 e. The number of hydrogen-bond donors (Lipinski definition) is 2. The second-order valence-electron chi connectivity index (χ2n) is 11.2. The quantitative estimate of drug-likeness (QED) is 0.481. The maximum atomic E-state index is 15.0. The van der Waals surface area contributed by atoms with Crippen LogP contribution >= 0.6 is 11.6 Å². The Morgan fingerprint density at radius 2 is 1.92 bits per heavy atom. The van der Waals surface area contributed by atoms with Gasteiger partial charge in [-0.1, -0.05) is 11.6 Å². The van der Waals surface area contributed by atoms with E-state index in [2.05, 4.69) is 15.3 Å². The number of anilines is 1. The summed E-state index contributed by atoms with van der Waals surface area (Å²) in [6.07, 6.45) is 2.39. The normalized spacial score (nSPS) is 19.0. The number of hydrogen-bond acceptors (Lipinski definition) is 6. The third-order valence-electron chi connectivity index (χ3n) is 6.06. The molecule has 3 aromatic rings. The molecule has 0 spiro atoms. The number of ether oxygens (including phenoxy) is 1. The van der Waals surface area contributed by atoms with E-state index in [0.717, 1.165) is 0 Å². The molecule has 1 aromatic carbocycles. The van der Waals surface area contributed by atoms with Crippen LogP contribution in [0.15, 0.2) is 30.7 Å². The number of carbonyl (C=O) groups excluding carboxylic acids is 1. The number of halogens is 2.